The fourth-order valence-electron chi connectivity index (χ4n) is 4.66. The Hall–Kier alpha value is -3.01. The van der Waals surface area contributed by atoms with E-state index in [1.54, 1.807) is 47.6 Å². The number of hydrogen-bond donors (Lipinski definition) is 0. The fraction of sp³-hybridized carbons (Fsp3) is 0.333. The van der Waals surface area contributed by atoms with E-state index in [2.05, 4.69) is 19.9 Å². The molecule has 1 aliphatic heterocycles. The van der Waals surface area contributed by atoms with Crippen LogP contribution in [0.25, 0.3) is 10.2 Å². The normalized spacial score (nSPS) is 17.0. The number of aromatic nitrogens is 1. The van der Waals surface area contributed by atoms with Crippen LogP contribution in [-0.2, 0) is 21.4 Å². The first kappa shape index (κ1) is 24.7. The maximum Gasteiger partial charge on any atom is 0.243 e. The molecular formula is C27H29N3O4S2. The van der Waals surface area contributed by atoms with E-state index in [1.165, 1.54) is 15.6 Å². The average Bonchev–Trinajstić information content (AvgIpc) is 3.57. The van der Waals surface area contributed by atoms with Crippen LogP contribution < -0.4 is 4.90 Å². The summed E-state index contributed by atoms with van der Waals surface area (Å²) in [6.07, 6.45) is 2.83. The molecule has 36 heavy (non-hydrogen) atoms. The Morgan fingerprint density at radius 2 is 1.94 bits per heavy atom. The van der Waals surface area contributed by atoms with Crippen molar-refractivity contribution in [3.63, 3.8) is 0 Å². The summed E-state index contributed by atoms with van der Waals surface area (Å²) < 4.78 is 34.5. The number of sulfonamides is 1. The van der Waals surface area contributed by atoms with E-state index < -0.39 is 15.9 Å². The van der Waals surface area contributed by atoms with Crippen molar-refractivity contribution in [2.24, 2.45) is 5.92 Å². The van der Waals surface area contributed by atoms with E-state index in [0.717, 1.165) is 15.8 Å². The second kappa shape index (κ2) is 10.2. The molecule has 188 valence electrons. The lowest BCUT2D eigenvalue weighted by Gasteiger charge is -2.33. The van der Waals surface area contributed by atoms with Gasteiger partial charge in [-0.15, -0.1) is 0 Å². The molecular weight excluding hydrogens is 494 g/mol. The van der Waals surface area contributed by atoms with Crippen molar-refractivity contribution in [2.75, 3.05) is 18.0 Å². The molecule has 0 aliphatic carbocycles. The molecule has 1 aliphatic rings. The van der Waals surface area contributed by atoms with Crippen molar-refractivity contribution < 1.29 is 17.6 Å². The van der Waals surface area contributed by atoms with Crippen molar-refractivity contribution in [3.05, 3.63) is 78.3 Å². The van der Waals surface area contributed by atoms with Crippen molar-refractivity contribution in [1.82, 2.24) is 9.29 Å². The number of para-hydroxylation sites is 1. The highest BCUT2D eigenvalue weighted by Gasteiger charge is 2.36. The van der Waals surface area contributed by atoms with Crippen molar-refractivity contribution in [2.45, 2.75) is 44.0 Å². The minimum Gasteiger partial charge on any atom is -0.467 e. The molecule has 0 bridgehead atoms. The number of thiazole rings is 1. The van der Waals surface area contributed by atoms with E-state index in [-0.39, 0.29) is 23.9 Å². The predicted octanol–water partition coefficient (Wildman–Crippen LogP) is 5.65. The summed E-state index contributed by atoms with van der Waals surface area (Å²) in [6.45, 7) is 5.04. The van der Waals surface area contributed by atoms with Crippen LogP contribution in [0.2, 0.25) is 0 Å². The van der Waals surface area contributed by atoms with Gasteiger partial charge in [0.25, 0.3) is 0 Å². The first-order valence-electron chi connectivity index (χ1n) is 12.1. The molecule has 2 aromatic carbocycles. The minimum atomic E-state index is -3.67. The van der Waals surface area contributed by atoms with Crippen LogP contribution in [0.15, 0.2) is 76.2 Å². The molecule has 0 N–H and O–H groups in total. The smallest absolute Gasteiger partial charge is 0.243 e. The highest BCUT2D eigenvalue weighted by Crippen LogP contribution is 2.36. The van der Waals surface area contributed by atoms with E-state index in [0.29, 0.717) is 36.2 Å². The van der Waals surface area contributed by atoms with E-state index >= 15 is 0 Å². The fourth-order valence-corrected chi connectivity index (χ4v) is 7.21. The van der Waals surface area contributed by atoms with Gasteiger partial charge in [0.05, 0.1) is 33.8 Å². The average molecular weight is 524 g/mol. The first-order chi connectivity index (χ1) is 17.3. The molecule has 1 saturated heterocycles. The van der Waals surface area contributed by atoms with Crippen LogP contribution in [0.4, 0.5) is 5.13 Å². The van der Waals surface area contributed by atoms with Gasteiger partial charge >= 0.3 is 0 Å². The number of nitrogens with zero attached hydrogens (tertiary/aromatic N) is 3. The molecule has 7 nitrogen and oxygen atoms in total. The predicted molar refractivity (Wildman–Crippen MR) is 142 cm³/mol. The van der Waals surface area contributed by atoms with Crippen molar-refractivity contribution in [3.8, 4) is 0 Å². The summed E-state index contributed by atoms with van der Waals surface area (Å²) in [4.78, 5) is 20.8. The van der Waals surface area contributed by atoms with Crippen LogP contribution in [0.5, 0.6) is 0 Å². The standard InChI is InChI=1S/C27H29N3O4S2/c1-19(2)23-13-6-14-24-25(23)28-27(35-24)30(18-21-10-8-16-34-21)26(31)20-9-7-15-29(17-20)36(32,33)22-11-4-3-5-12-22/h3-6,8,10-14,16,19-20H,7,9,15,17-18H2,1-2H3. The van der Waals surface area contributed by atoms with E-state index in [9.17, 15) is 13.2 Å². The van der Waals surface area contributed by atoms with Gasteiger partial charge in [-0.1, -0.05) is 55.5 Å². The largest absolute Gasteiger partial charge is 0.467 e. The Morgan fingerprint density at radius 3 is 2.67 bits per heavy atom. The Balaban J connectivity index is 1.47. The Labute approximate surface area is 215 Å². The number of piperidine rings is 1. The Kier molecular flexibility index (Phi) is 6.96. The van der Waals surface area contributed by atoms with Gasteiger partial charge in [-0.3, -0.25) is 9.69 Å². The third kappa shape index (κ3) is 4.83. The lowest BCUT2D eigenvalue weighted by molar-refractivity contribution is -0.123. The lowest BCUT2D eigenvalue weighted by atomic mass is 9.98. The summed E-state index contributed by atoms with van der Waals surface area (Å²) in [5, 5.41) is 0.600. The number of rotatable bonds is 7. The molecule has 9 heteroatoms. The van der Waals surface area contributed by atoms with Gasteiger partial charge in [0, 0.05) is 13.1 Å². The number of anilines is 1. The van der Waals surface area contributed by atoms with E-state index in [4.69, 9.17) is 9.40 Å². The Bertz CT molecular complexity index is 1450. The van der Waals surface area contributed by atoms with Crippen LogP contribution in [-0.4, -0.2) is 36.7 Å². The van der Waals surface area contributed by atoms with Crippen molar-refractivity contribution >= 4 is 42.6 Å². The van der Waals surface area contributed by atoms with Crippen LogP contribution in [0.1, 0.15) is 43.9 Å². The van der Waals surface area contributed by atoms with Gasteiger partial charge in [-0.05, 0) is 54.7 Å². The molecule has 4 aromatic rings. The number of benzene rings is 2. The number of amides is 1. The second-order valence-electron chi connectivity index (χ2n) is 9.36. The highest BCUT2D eigenvalue weighted by molar-refractivity contribution is 7.89. The summed E-state index contributed by atoms with van der Waals surface area (Å²) in [6, 6.07) is 18.1. The van der Waals surface area contributed by atoms with Gasteiger partial charge in [-0.2, -0.15) is 4.31 Å². The molecule has 1 unspecified atom stereocenters. The Morgan fingerprint density at radius 1 is 1.14 bits per heavy atom. The molecule has 0 radical (unpaired) electrons. The van der Waals surface area contributed by atoms with Crippen molar-refractivity contribution in [1.29, 1.82) is 0 Å². The third-order valence-electron chi connectivity index (χ3n) is 6.57. The number of carbonyl (C=O) groups is 1. The number of fused-ring (bicyclic) bond motifs is 1. The zero-order valence-corrected chi connectivity index (χ0v) is 22.0. The molecule has 1 amide bonds. The molecule has 5 rings (SSSR count). The maximum atomic E-state index is 14.0. The number of carbonyl (C=O) groups excluding carboxylic acids is 1. The molecule has 0 spiro atoms. The summed E-state index contributed by atoms with van der Waals surface area (Å²) in [5.74, 6) is 0.345. The van der Waals surface area contributed by atoms with Crippen LogP contribution >= 0.6 is 11.3 Å². The molecule has 2 aromatic heterocycles. The van der Waals surface area contributed by atoms with Gasteiger partial charge < -0.3 is 4.42 Å². The van der Waals surface area contributed by atoms with Crippen LogP contribution in [0, 0.1) is 5.92 Å². The minimum absolute atomic E-state index is 0.135. The molecule has 1 fully saturated rings. The number of furan rings is 1. The maximum absolute atomic E-state index is 14.0. The SMILES string of the molecule is CC(C)c1cccc2sc(N(Cc3ccco3)C(=O)C3CCCN(S(=O)(=O)c4ccccc4)C3)nc12. The number of hydrogen-bond acceptors (Lipinski definition) is 6. The third-order valence-corrected chi connectivity index (χ3v) is 9.49. The quantitative estimate of drug-likeness (QED) is 0.313. The second-order valence-corrected chi connectivity index (χ2v) is 12.3. The zero-order chi connectivity index (χ0) is 25.3. The van der Waals surface area contributed by atoms with E-state index in [1.807, 2.05) is 18.2 Å². The van der Waals surface area contributed by atoms with Gasteiger partial charge in [0.1, 0.15) is 5.76 Å². The summed E-state index contributed by atoms with van der Waals surface area (Å²) in [5.41, 5.74) is 2.04. The molecule has 0 saturated carbocycles. The van der Waals surface area contributed by atoms with Gasteiger partial charge in [-0.25, -0.2) is 13.4 Å². The van der Waals surface area contributed by atoms with Gasteiger partial charge in [0.2, 0.25) is 15.9 Å². The zero-order valence-electron chi connectivity index (χ0n) is 20.3. The molecule has 1 atom stereocenters. The van der Waals surface area contributed by atoms with Crippen LogP contribution in [0.3, 0.4) is 0 Å². The summed E-state index contributed by atoms with van der Waals surface area (Å²) >= 11 is 1.47. The van der Waals surface area contributed by atoms with Gasteiger partial charge in [0.15, 0.2) is 5.13 Å². The topological polar surface area (TPSA) is 83.7 Å². The monoisotopic (exact) mass is 523 g/mol. The lowest BCUT2D eigenvalue weighted by Crippen LogP contribution is -2.46. The molecule has 3 heterocycles. The highest BCUT2D eigenvalue weighted by atomic mass is 32.2. The summed E-state index contributed by atoms with van der Waals surface area (Å²) in [7, 11) is -3.67. The first-order valence-corrected chi connectivity index (χ1v) is 14.4.